The quantitative estimate of drug-likeness (QED) is 0.701. The number of hydrogen-bond acceptors (Lipinski definition) is 5. The van der Waals surface area contributed by atoms with E-state index in [1.54, 1.807) is 0 Å². The molecular formula is C16H13ClF3NO5S. The number of nitrogens with one attached hydrogen (secondary N) is 1. The summed E-state index contributed by atoms with van der Waals surface area (Å²) in [6.45, 7) is 0.278. The molecule has 0 unspecified atom stereocenters. The number of carbonyl (C=O) groups is 1. The third-order valence-corrected chi connectivity index (χ3v) is 5.72. The highest BCUT2D eigenvalue weighted by Gasteiger charge is 2.55. The summed E-state index contributed by atoms with van der Waals surface area (Å²) >= 11 is 5.87. The molecular weight excluding hydrogens is 411 g/mol. The summed E-state index contributed by atoms with van der Waals surface area (Å²) in [4.78, 5) is 11.3. The number of aromatic hydroxyl groups is 1. The van der Waals surface area contributed by atoms with E-state index in [9.17, 15) is 36.6 Å². The predicted molar refractivity (Wildman–Crippen MR) is 90.3 cm³/mol. The lowest BCUT2D eigenvalue weighted by molar-refractivity contribution is -0.242. The average molecular weight is 424 g/mol. The number of benzene rings is 2. The van der Waals surface area contributed by atoms with Gasteiger partial charge in [0.15, 0.2) is 0 Å². The Morgan fingerprint density at radius 3 is 2.07 bits per heavy atom. The van der Waals surface area contributed by atoms with Crippen LogP contribution < -0.4 is 5.32 Å². The highest BCUT2D eigenvalue weighted by atomic mass is 35.5. The van der Waals surface area contributed by atoms with Gasteiger partial charge in [-0.3, -0.25) is 4.79 Å². The Kier molecular flexibility index (Phi) is 5.46. The number of alkyl halides is 3. The zero-order valence-corrected chi connectivity index (χ0v) is 15.2. The molecule has 0 saturated carbocycles. The fourth-order valence-corrected chi connectivity index (χ4v) is 3.48. The van der Waals surface area contributed by atoms with Gasteiger partial charge in [-0.05, 0) is 49.4 Å². The highest BCUT2D eigenvalue weighted by molar-refractivity contribution is 7.91. The van der Waals surface area contributed by atoms with Crippen molar-refractivity contribution in [2.45, 2.75) is 28.5 Å². The van der Waals surface area contributed by atoms with E-state index in [4.69, 9.17) is 11.6 Å². The summed E-state index contributed by atoms with van der Waals surface area (Å²) in [7, 11) is -4.01. The molecule has 0 aliphatic heterocycles. The van der Waals surface area contributed by atoms with Crippen LogP contribution in [-0.4, -0.2) is 36.3 Å². The van der Waals surface area contributed by atoms with Gasteiger partial charge in [0.1, 0.15) is 5.75 Å². The number of anilines is 1. The molecule has 0 aliphatic rings. The van der Waals surface area contributed by atoms with Gasteiger partial charge in [-0.15, -0.1) is 0 Å². The van der Waals surface area contributed by atoms with Gasteiger partial charge in [-0.25, -0.2) is 8.42 Å². The second-order valence-corrected chi connectivity index (χ2v) is 8.02. The Labute approximate surface area is 157 Å². The van der Waals surface area contributed by atoms with Crippen molar-refractivity contribution in [2.24, 2.45) is 0 Å². The van der Waals surface area contributed by atoms with E-state index in [2.05, 4.69) is 0 Å². The minimum Gasteiger partial charge on any atom is -0.508 e. The molecule has 146 valence electrons. The lowest BCUT2D eigenvalue weighted by Gasteiger charge is -2.25. The van der Waals surface area contributed by atoms with Crippen LogP contribution in [0.5, 0.6) is 5.75 Å². The van der Waals surface area contributed by atoms with E-state index in [0.29, 0.717) is 0 Å². The molecule has 1 amide bonds. The van der Waals surface area contributed by atoms with Crippen LogP contribution in [0.1, 0.15) is 6.92 Å². The summed E-state index contributed by atoms with van der Waals surface area (Å²) < 4.78 is 63.1. The first-order valence-corrected chi connectivity index (χ1v) is 9.07. The second kappa shape index (κ2) is 7.02. The van der Waals surface area contributed by atoms with Crippen LogP contribution in [0, 0.1) is 0 Å². The minimum atomic E-state index is -5.22. The summed E-state index contributed by atoms with van der Waals surface area (Å²) in [5.41, 5.74) is -3.97. The molecule has 6 nitrogen and oxygen atoms in total. The van der Waals surface area contributed by atoms with Crippen molar-refractivity contribution in [2.75, 3.05) is 5.32 Å². The lowest BCUT2D eigenvalue weighted by atomic mass is 10.1. The zero-order valence-electron chi connectivity index (χ0n) is 13.6. The molecule has 0 bridgehead atoms. The number of rotatable bonds is 4. The van der Waals surface area contributed by atoms with Crippen LogP contribution in [0.25, 0.3) is 0 Å². The molecule has 3 N–H and O–H groups in total. The van der Waals surface area contributed by atoms with Crippen LogP contribution >= 0.6 is 11.6 Å². The number of sulfone groups is 1. The summed E-state index contributed by atoms with van der Waals surface area (Å²) in [5.74, 6) is -1.91. The van der Waals surface area contributed by atoms with Crippen LogP contribution in [0.2, 0.25) is 5.02 Å². The van der Waals surface area contributed by atoms with Crippen LogP contribution in [0.3, 0.4) is 0 Å². The molecule has 11 heteroatoms. The maximum Gasteiger partial charge on any atom is 0.426 e. The molecule has 2 aromatic carbocycles. The molecule has 0 aliphatic carbocycles. The number of amides is 1. The van der Waals surface area contributed by atoms with Crippen LogP contribution in [0.15, 0.2) is 52.3 Å². The minimum absolute atomic E-state index is 0.137. The number of phenols is 1. The van der Waals surface area contributed by atoms with Gasteiger partial charge >= 0.3 is 6.18 Å². The van der Waals surface area contributed by atoms with Gasteiger partial charge in [-0.2, -0.15) is 13.2 Å². The smallest absolute Gasteiger partial charge is 0.426 e. The molecule has 0 spiro atoms. The van der Waals surface area contributed by atoms with E-state index < -0.39 is 27.5 Å². The molecule has 0 aromatic heterocycles. The molecule has 0 radical (unpaired) electrons. The van der Waals surface area contributed by atoms with Gasteiger partial charge in [0, 0.05) is 0 Å². The Balaban J connectivity index is 2.33. The maximum absolute atomic E-state index is 12.7. The molecule has 2 aromatic rings. The first kappa shape index (κ1) is 21.0. The van der Waals surface area contributed by atoms with Gasteiger partial charge < -0.3 is 15.5 Å². The van der Waals surface area contributed by atoms with Crippen molar-refractivity contribution < 1.29 is 36.6 Å². The summed E-state index contributed by atoms with van der Waals surface area (Å²) in [6, 6.07) is 7.64. The van der Waals surface area contributed by atoms with E-state index in [1.807, 2.05) is 5.32 Å². The monoisotopic (exact) mass is 423 g/mol. The van der Waals surface area contributed by atoms with E-state index in [0.717, 1.165) is 30.3 Å². The van der Waals surface area contributed by atoms with Crippen molar-refractivity contribution in [1.29, 1.82) is 0 Å². The number of halogens is 4. The van der Waals surface area contributed by atoms with Gasteiger partial charge in [0.25, 0.3) is 5.91 Å². The normalized spacial score (nSPS) is 14.4. The topological polar surface area (TPSA) is 104 Å². The second-order valence-electron chi connectivity index (χ2n) is 5.66. The van der Waals surface area contributed by atoms with Gasteiger partial charge in [-0.1, -0.05) is 11.6 Å². The summed E-state index contributed by atoms with van der Waals surface area (Å²) in [6.07, 6.45) is -5.22. The van der Waals surface area contributed by atoms with Crippen LogP contribution in [0.4, 0.5) is 18.9 Å². The lowest BCUT2D eigenvalue weighted by Crippen LogP contribution is -2.52. The number of hydrogen-bond donors (Lipinski definition) is 3. The Hall–Kier alpha value is -2.30. The number of carbonyl (C=O) groups excluding carboxylic acids is 1. The van der Waals surface area contributed by atoms with E-state index in [-0.39, 0.29) is 33.2 Å². The van der Waals surface area contributed by atoms with Crippen LogP contribution in [-0.2, 0) is 14.6 Å². The predicted octanol–water partition coefficient (Wildman–Crippen LogP) is 3.13. The Morgan fingerprint density at radius 2 is 1.59 bits per heavy atom. The maximum atomic E-state index is 12.7. The molecule has 0 saturated heterocycles. The Morgan fingerprint density at radius 1 is 1.07 bits per heavy atom. The van der Waals surface area contributed by atoms with E-state index in [1.165, 1.54) is 12.1 Å². The van der Waals surface area contributed by atoms with Crippen molar-refractivity contribution in [1.82, 2.24) is 0 Å². The van der Waals surface area contributed by atoms with Crippen molar-refractivity contribution in [3.05, 3.63) is 47.5 Å². The third-order valence-electron chi connectivity index (χ3n) is 3.64. The van der Waals surface area contributed by atoms with Crippen molar-refractivity contribution in [3.63, 3.8) is 0 Å². The zero-order chi connectivity index (χ0) is 20.6. The molecule has 0 heterocycles. The first-order chi connectivity index (χ1) is 12.3. The van der Waals surface area contributed by atoms with Gasteiger partial charge in [0.2, 0.25) is 15.4 Å². The molecule has 27 heavy (non-hydrogen) atoms. The van der Waals surface area contributed by atoms with Gasteiger partial charge in [0.05, 0.1) is 20.5 Å². The fourth-order valence-electron chi connectivity index (χ4n) is 1.90. The van der Waals surface area contributed by atoms with Crippen molar-refractivity contribution in [3.8, 4) is 5.75 Å². The van der Waals surface area contributed by atoms with Crippen molar-refractivity contribution >= 4 is 33.0 Å². The largest absolute Gasteiger partial charge is 0.508 e. The average Bonchev–Trinajstić information content (AvgIpc) is 2.55. The van der Waals surface area contributed by atoms with E-state index >= 15 is 0 Å². The molecule has 2 rings (SSSR count). The third kappa shape index (κ3) is 4.18. The standard InChI is InChI=1S/C16H13ClF3NO5S/c1-15(24,16(18,19)20)14(23)21-13-7-6-11(8-12(13)17)27(25,26)10-4-2-9(22)3-5-10/h2-8,22,24H,1H3,(H,21,23)/t15-/m1/s1. The number of aliphatic hydroxyl groups is 1. The Bertz CT molecular complexity index is 973. The highest BCUT2D eigenvalue weighted by Crippen LogP contribution is 2.33. The molecule has 1 atom stereocenters. The SMILES string of the molecule is C[C@@](O)(C(=O)Nc1ccc(S(=O)(=O)c2ccc(O)cc2)cc1Cl)C(F)(F)F. The number of phenolic OH excluding ortho intramolecular Hbond substituents is 1. The molecule has 0 fully saturated rings. The fraction of sp³-hybridized carbons (Fsp3) is 0.188. The summed E-state index contributed by atoms with van der Waals surface area (Å²) in [5, 5.41) is 20.0. The first-order valence-electron chi connectivity index (χ1n) is 7.21.